The van der Waals surface area contributed by atoms with Crippen LogP contribution < -0.4 is 0 Å². The van der Waals surface area contributed by atoms with E-state index in [1.807, 2.05) is 0 Å². The average molecular weight is 1380 g/mol. The van der Waals surface area contributed by atoms with Gasteiger partial charge in [0.25, 0.3) is 0 Å². The fourth-order valence-corrected chi connectivity index (χ4v) is 13.6. The zero-order valence-electron chi connectivity index (χ0n) is 35.8. The maximum atomic E-state index is 10.3. The van der Waals surface area contributed by atoms with Crippen molar-refractivity contribution in [1.82, 2.24) is 0 Å². The molecule has 67 heavy (non-hydrogen) atoms. The van der Waals surface area contributed by atoms with Gasteiger partial charge < -0.3 is 128 Å². The van der Waals surface area contributed by atoms with Gasteiger partial charge in [-0.05, 0) is 70.8 Å². The Bertz CT molecular complexity index is 1620. The smallest absolute Gasteiger partial charge is 0.307 e. The van der Waals surface area contributed by atoms with Crippen LogP contribution in [-0.2, 0) is 277 Å². The van der Waals surface area contributed by atoms with Gasteiger partial charge in [-0.25, -0.2) is 0 Å². The molecule has 0 spiro atoms. The first-order valence-electron chi connectivity index (χ1n) is 15.3. The van der Waals surface area contributed by atoms with Crippen molar-refractivity contribution < 1.29 is 133 Å². The number of hydrogen-bond acceptors (Lipinski definition) is 36. The second kappa shape index (κ2) is 39.8. The third-order valence-corrected chi connectivity index (χ3v) is 14.0. The fourth-order valence-electron chi connectivity index (χ4n) is 2.00. The minimum Gasteiger partial charge on any atom is -0.665 e. The summed E-state index contributed by atoms with van der Waals surface area (Å²) in [6.45, 7) is 13.8. The van der Waals surface area contributed by atoms with E-state index in [0.717, 1.165) is 83.1 Å². The molecule has 0 aliphatic heterocycles. The van der Waals surface area contributed by atoms with E-state index in [2.05, 4.69) is 199 Å². The Morgan fingerprint density at radius 3 is 0.299 bits per heavy atom. The Hall–Kier alpha value is 0.328. The summed E-state index contributed by atoms with van der Waals surface area (Å²) in [5.41, 5.74) is -18.5. The third-order valence-electron chi connectivity index (χ3n) is 2.88. The van der Waals surface area contributed by atoms with Crippen molar-refractivity contribution in [3.63, 3.8) is 0 Å². The van der Waals surface area contributed by atoms with E-state index in [4.69, 9.17) is 0 Å². The maximum absolute atomic E-state index is 10.3. The molecule has 43 heteroatoms. The minimum atomic E-state index is -3.09. The molecule has 0 heterocycles. The SMILES string of the molecule is CC(=O)OP(=S)([S-])OC(C)=O.CC(=O)OP(=S)([S-])OC(C)=O.CC(=O)OP(=S)([S-])OC(C)=O.CC(=O)OP(=S)([S-])OC(C)=O.CC(=O)OP(=S)([S-])OC(C)=O.CC(=O)OP(=S)([S-])OC(C)=O.[Mo]. The van der Waals surface area contributed by atoms with Crippen molar-refractivity contribution in [3.05, 3.63) is 0 Å². The topological polar surface area (TPSA) is 316 Å². The molecule has 0 aromatic carbocycles. The Labute approximate surface area is 461 Å². The second-order valence-electron chi connectivity index (χ2n) is 9.68. The van der Waals surface area contributed by atoms with Crippen LogP contribution in [0.3, 0.4) is 0 Å². The third kappa shape index (κ3) is 75.4. The summed E-state index contributed by atoms with van der Waals surface area (Å²) in [5, 5.41) is 0. The van der Waals surface area contributed by atoms with E-state index < -0.39 is 106 Å². The Morgan fingerprint density at radius 2 is 0.269 bits per heavy atom. The van der Waals surface area contributed by atoms with Gasteiger partial charge in [-0.1, -0.05) is 0 Å². The van der Waals surface area contributed by atoms with Gasteiger partial charge in [-0.2, -0.15) is 0 Å². The Kier molecular flexibility index (Phi) is 48.4. The van der Waals surface area contributed by atoms with Gasteiger partial charge in [-0.3, -0.25) is 57.5 Å². The first kappa shape index (κ1) is 81.4. The largest absolute Gasteiger partial charge is 0.665 e. The van der Waals surface area contributed by atoms with Crippen LogP contribution in [0.4, 0.5) is 0 Å². The number of rotatable bonds is 12. The summed E-state index contributed by atoms with van der Waals surface area (Å²) in [6.07, 6.45) is 0. The molecule has 0 aliphatic carbocycles. The van der Waals surface area contributed by atoms with Crippen molar-refractivity contribution in [2.45, 2.75) is 83.1 Å². The van der Waals surface area contributed by atoms with Crippen molar-refractivity contribution in [3.8, 4) is 0 Å². The van der Waals surface area contributed by atoms with Gasteiger partial charge in [-0.15, -0.1) is 0 Å². The van der Waals surface area contributed by atoms with Gasteiger partial charge in [0.1, 0.15) is 0 Å². The molecule has 0 saturated carbocycles. The van der Waals surface area contributed by atoms with Gasteiger partial charge in [0, 0.05) is 104 Å². The quantitative estimate of drug-likeness (QED) is 0.136. The van der Waals surface area contributed by atoms with E-state index in [1.54, 1.807) is 0 Å². The van der Waals surface area contributed by atoms with E-state index in [9.17, 15) is 57.5 Å². The van der Waals surface area contributed by atoms with Gasteiger partial charge in [0.05, 0.1) is 0 Å². The molecule has 0 unspecified atom stereocenters. The van der Waals surface area contributed by atoms with Crippen LogP contribution in [0.25, 0.3) is 0 Å². The Morgan fingerprint density at radius 1 is 0.224 bits per heavy atom. The van der Waals surface area contributed by atoms with E-state index in [0.29, 0.717) is 0 Å². The van der Waals surface area contributed by atoms with Crippen molar-refractivity contribution in [2.75, 3.05) is 0 Å². The number of carbonyl (C=O) groups is 12. The minimum absolute atomic E-state index is 0. The normalized spacial score (nSPS) is 10.3. The molecular formula is C24H36MoO24P6S12-6. The predicted molar refractivity (Wildman–Crippen MR) is 271 cm³/mol. The van der Waals surface area contributed by atoms with Crippen LogP contribution in [-0.4, -0.2) is 71.6 Å². The summed E-state index contributed by atoms with van der Waals surface area (Å²) in [5.74, 6) is -7.62. The molecule has 0 amide bonds. The van der Waals surface area contributed by atoms with E-state index in [1.165, 1.54) is 0 Å². The first-order chi connectivity index (χ1) is 29.0. The maximum Gasteiger partial charge on any atom is 0.307 e. The average Bonchev–Trinajstić information content (AvgIpc) is 2.90. The molecule has 24 nitrogen and oxygen atoms in total. The van der Waals surface area contributed by atoms with Crippen molar-refractivity contribution >= 4 is 250 Å². The molecule has 0 aromatic heterocycles. The summed E-state index contributed by atoms with van der Waals surface area (Å²) >= 11 is 54.4. The molecule has 390 valence electrons. The zero-order valence-corrected chi connectivity index (χ0v) is 53.0. The molecule has 0 aliphatic rings. The molecule has 0 rings (SSSR count). The zero-order chi connectivity index (χ0) is 54.4. The molecule has 0 bridgehead atoms. The molecule has 0 N–H and O–H groups in total. The van der Waals surface area contributed by atoms with Crippen LogP contribution >= 0.6 is 34.2 Å². The number of carbonyl (C=O) groups excluding carboxylic acids is 12. The monoisotopic (exact) mass is 1380 g/mol. The van der Waals surface area contributed by atoms with Crippen LogP contribution in [0, 0.1) is 0 Å². The van der Waals surface area contributed by atoms with Gasteiger partial charge in [0.2, 0.25) is 0 Å². The van der Waals surface area contributed by atoms with E-state index >= 15 is 0 Å². The Balaban J connectivity index is -0.000000129. The summed E-state index contributed by atoms with van der Waals surface area (Å²) < 4.78 is 52.9. The molecular weight excluding hydrogens is 1340 g/mol. The van der Waals surface area contributed by atoms with E-state index in [-0.39, 0.29) is 21.1 Å². The van der Waals surface area contributed by atoms with Crippen LogP contribution in [0.1, 0.15) is 83.1 Å². The van der Waals surface area contributed by atoms with Gasteiger partial charge >= 0.3 is 71.6 Å². The molecule has 0 atom stereocenters. The van der Waals surface area contributed by atoms with Crippen LogP contribution in [0.15, 0.2) is 0 Å². The summed E-state index contributed by atoms with van der Waals surface area (Å²) in [6, 6.07) is 0. The van der Waals surface area contributed by atoms with Crippen molar-refractivity contribution in [2.24, 2.45) is 0 Å². The first-order valence-corrected chi connectivity index (χ1v) is 37.2. The van der Waals surface area contributed by atoms with Crippen LogP contribution in [0.5, 0.6) is 0 Å². The summed E-state index contributed by atoms with van der Waals surface area (Å²) in [7, 11) is 0. The predicted octanol–water partition coefficient (Wildman–Crippen LogP) is 5.30. The summed E-state index contributed by atoms with van der Waals surface area (Å²) in [4.78, 5) is 124. The van der Waals surface area contributed by atoms with Gasteiger partial charge in [0.15, 0.2) is 34.2 Å². The van der Waals surface area contributed by atoms with Crippen molar-refractivity contribution in [1.29, 1.82) is 0 Å². The fraction of sp³-hybridized carbons (Fsp3) is 0.500. The molecule has 0 saturated heterocycles. The standard InChI is InChI=1S/6C4H7O4PS2.Mo/c6*1-3(5)7-9(10,11)8-4(2)6;/h6*1-2H3,(H,10,11);/p-6. The number of hydrogen-bond donors (Lipinski definition) is 0. The second-order valence-corrected chi connectivity index (χ2v) is 38.7. The molecule has 0 fully saturated rings. The molecule has 0 aromatic rings. The molecule has 0 radical (unpaired) electrons. The van der Waals surface area contributed by atoms with Crippen LogP contribution in [0.2, 0.25) is 0 Å².